The summed E-state index contributed by atoms with van der Waals surface area (Å²) in [6, 6.07) is 10.8. The highest BCUT2D eigenvalue weighted by Crippen LogP contribution is 2.31. The molecule has 1 amide bonds. The van der Waals surface area contributed by atoms with Gasteiger partial charge in [0, 0.05) is 30.9 Å². The largest absolute Gasteiger partial charge is 0.466 e. The monoisotopic (exact) mass is 519 g/mol. The number of imidazole rings is 1. The molecule has 1 saturated heterocycles. The molecule has 38 heavy (non-hydrogen) atoms. The number of amidine groups is 1. The first kappa shape index (κ1) is 27.1. The number of nitrogens with two attached hydrogens (primary N) is 1. The molecule has 0 spiro atoms. The predicted molar refractivity (Wildman–Crippen MR) is 148 cm³/mol. The van der Waals surface area contributed by atoms with E-state index in [1.165, 1.54) is 0 Å². The van der Waals surface area contributed by atoms with E-state index in [0.29, 0.717) is 25.3 Å². The molecule has 1 unspecified atom stereocenters. The number of carbonyl (C=O) groups is 2. The first-order valence-corrected chi connectivity index (χ1v) is 13.1. The summed E-state index contributed by atoms with van der Waals surface area (Å²) in [5.74, 6) is 0.601. The zero-order chi connectivity index (χ0) is 27.2. The second-order valence-corrected chi connectivity index (χ2v) is 9.67. The Balaban J connectivity index is 1.56. The number of ether oxygens (including phenoxy) is 1. The molecule has 10 nitrogen and oxygen atoms in total. The molecule has 3 aromatic rings. The lowest BCUT2D eigenvalue weighted by Crippen LogP contribution is -2.41. The summed E-state index contributed by atoms with van der Waals surface area (Å²) >= 11 is 0. The average Bonchev–Trinajstić information content (AvgIpc) is 3.59. The van der Waals surface area contributed by atoms with Crippen LogP contribution in [0.25, 0.3) is 11.0 Å². The highest BCUT2D eigenvalue weighted by atomic mass is 16.5. The van der Waals surface area contributed by atoms with Gasteiger partial charge in [0.15, 0.2) is 0 Å². The lowest BCUT2D eigenvalue weighted by atomic mass is 9.97. The van der Waals surface area contributed by atoms with Gasteiger partial charge in [-0.25, -0.2) is 4.98 Å². The first-order chi connectivity index (χ1) is 18.3. The quantitative estimate of drug-likeness (QED) is 0.173. The SMILES string of the molecule is CCOC(=O)CCN(C)C(C(=O)N1CCCC1)c1ccc2[nH]c(CNc3ccc(C(=N)N)cc3)nc2c1C. The van der Waals surface area contributed by atoms with Gasteiger partial charge in [-0.05, 0) is 75.2 Å². The normalized spacial score (nSPS) is 14.2. The number of likely N-dealkylation sites (tertiary alicyclic amines) is 1. The van der Waals surface area contributed by atoms with E-state index < -0.39 is 6.04 Å². The first-order valence-electron chi connectivity index (χ1n) is 13.1. The summed E-state index contributed by atoms with van der Waals surface area (Å²) < 4.78 is 5.10. The van der Waals surface area contributed by atoms with E-state index in [-0.39, 0.29) is 24.1 Å². The Kier molecular flexibility index (Phi) is 8.62. The van der Waals surface area contributed by atoms with Crippen molar-refractivity contribution in [1.29, 1.82) is 5.41 Å². The van der Waals surface area contributed by atoms with Gasteiger partial charge in [-0.1, -0.05) is 6.07 Å². The number of aromatic nitrogens is 2. The van der Waals surface area contributed by atoms with Crippen LogP contribution in [-0.4, -0.2) is 70.8 Å². The van der Waals surface area contributed by atoms with Crippen molar-refractivity contribution in [3.8, 4) is 0 Å². The molecule has 202 valence electrons. The van der Waals surface area contributed by atoms with E-state index in [0.717, 1.165) is 59.6 Å². The fourth-order valence-electron chi connectivity index (χ4n) is 4.91. The Labute approximate surface area is 223 Å². The van der Waals surface area contributed by atoms with Crippen molar-refractivity contribution in [2.45, 2.75) is 45.7 Å². The van der Waals surface area contributed by atoms with Crippen LogP contribution >= 0.6 is 0 Å². The number of amides is 1. The van der Waals surface area contributed by atoms with Crippen molar-refractivity contribution in [2.24, 2.45) is 5.73 Å². The number of hydrogen-bond acceptors (Lipinski definition) is 7. The zero-order valence-electron chi connectivity index (χ0n) is 22.3. The van der Waals surface area contributed by atoms with Crippen LogP contribution in [0, 0.1) is 12.3 Å². The number of fused-ring (bicyclic) bond motifs is 1. The van der Waals surface area contributed by atoms with Crippen LogP contribution in [-0.2, 0) is 20.9 Å². The lowest BCUT2D eigenvalue weighted by Gasteiger charge is -2.31. The molecule has 4 rings (SSSR count). The zero-order valence-corrected chi connectivity index (χ0v) is 22.3. The lowest BCUT2D eigenvalue weighted by molar-refractivity contribution is -0.144. The number of carbonyl (C=O) groups excluding carboxylic acids is 2. The molecule has 0 aliphatic carbocycles. The molecule has 2 aromatic carbocycles. The number of nitrogens with one attached hydrogen (secondary N) is 3. The van der Waals surface area contributed by atoms with E-state index in [4.69, 9.17) is 20.9 Å². The maximum absolute atomic E-state index is 13.7. The molecule has 1 aliphatic rings. The summed E-state index contributed by atoms with van der Waals surface area (Å²) in [5.41, 5.74) is 10.7. The topological polar surface area (TPSA) is 140 Å². The van der Waals surface area contributed by atoms with Crippen LogP contribution in [0.15, 0.2) is 36.4 Å². The Morgan fingerprint density at radius 2 is 1.92 bits per heavy atom. The second-order valence-electron chi connectivity index (χ2n) is 9.67. The van der Waals surface area contributed by atoms with Crippen LogP contribution in [0.4, 0.5) is 5.69 Å². The van der Waals surface area contributed by atoms with Gasteiger partial charge in [-0.2, -0.15) is 0 Å². The number of anilines is 1. The van der Waals surface area contributed by atoms with Crippen LogP contribution in [0.1, 0.15) is 54.7 Å². The molecule has 5 N–H and O–H groups in total. The fourth-order valence-corrected chi connectivity index (χ4v) is 4.91. The van der Waals surface area contributed by atoms with Crippen molar-refractivity contribution in [2.75, 3.05) is 38.6 Å². The van der Waals surface area contributed by atoms with Crippen molar-refractivity contribution in [1.82, 2.24) is 19.8 Å². The number of benzene rings is 2. The summed E-state index contributed by atoms with van der Waals surface area (Å²) in [6.07, 6.45) is 2.24. The minimum absolute atomic E-state index is 0.0353. The van der Waals surface area contributed by atoms with Crippen molar-refractivity contribution in [3.63, 3.8) is 0 Å². The van der Waals surface area contributed by atoms with Gasteiger partial charge in [-0.3, -0.25) is 19.9 Å². The molecule has 1 aromatic heterocycles. The third kappa shape index (κ3) is 6.13. The number of rotatable bonds is 11. The maximum Gasteiger partial charge on any atom is 0.307 e. The molecule has 2 heterocycles. The molecular formula is C28H37N7O3. The van der Waals surface area contributed by atoms with Crippen LogP contribution in [0.2, 0.25) is 0 Å². The number of likely N-dealkylation sites (N-methyl/N-ethyl adjacent to an activating group) is 1. The number of aromatic amines is 1. The van der Waals surface area contributed by atoms with Gasteiger partial charge in [0.25, 0.3) is 0 Å². The molecule has 1 aliphatic heterocycles. The van der Waals surface area contributed by atoms with Crippen LogP contribution in [0.5, 0.6) is 0 Å². The highest BCUT2D eigenvalue weighted by molar-refractivity contribution is 5.95. The van der Waals surface area contributed by atoms with E-state index in [2.05, 4.69) is 10.3 Å². The predicted octanol–water partition coefficient (Wildman–Crippen LogP) is 3.32. The molecular weight excluding hydrogens is 482 g/mol. The molecule has 0 saturated carbocycles. The highest BCUT2D eigenvalue weighted by Gasteiger charge is 2.32. The Bertz CT molecular complexity index is 1300. The Hall–Kier alpha value is -3.92. The maximum atomic E-state index is 13.7. The number of nitrogens with zero attached hydrogens (tertiary/aromatic N) is 3. The minimum Gasteiger partial charge on any atom is -0.466 e. The van der Waals surface area contributed by atoms with Gasteiger partial charge in [0.2, 0.25) is 5.91 Å². The molecule has 10 heteroatoms. The summed E-state index contributed by atoms with van der Waals surface area (Å²) in [5, 5.41) is 10.9. The standard InChI is InChI=1S/C28H37N7O3/c1-4-38-24(36)13-16-34(3)26(28(37)35-14-5-6-15-35)21-11-12-22-25(18(21)2)33-23(32-22)17-31-20-9-7-19(8-10-20)27(29)30/h7-12,26,31H,4-6,13-17H2,1-3H3,(H3,29,30)(H,32,33). The van der Waals surface area contributed by atoms with Crippen molar-refractivity contribution < 1.29 is 14.3 Å². The van der Waals surface area contributed by atoms with Gasteiger partial charge in [0.1, 0.15) is 17.7 Å². The Morgan fingerprint density at radius 1 is 1.21 bits per heavy atom. The smallest absolute Gasteiger partial charge is 0.307 e. The molecule has 1 atom stereocenters. The fraction of sp³-hybridized carbons (Fsp3) is 0.429. The average molecular weight is 520 g/mol. The van der Waals surface area contributed by atoms with Gasteiger partial charge >= 0.3 is 5.97 Å². The number of esters is 1. The number of hydrogen-bond donors (Lipinski definition) is 4. The van der Waals surface area contributed by atoms with Crippen molar-refractivity contribution in [3.05, 3.63) is 58.9 Å². The summed E-state index contributed by atoms with van der Waals surface area (Å²) in [4.78, 5) is 37.8. The summed E-state index contributed by atoms with van der Waals surface area (Å²) in [7, 11) is 1.89. The van der Waals surface area contributed by atoms with E-state index in [1.54, 1.807) is 19.1 Å². The van der Waals surface area contributed by atoms with Gasteiger partial charge < -0.3 is 25.7 Å². The van der Waals surface area contributed by atoms with E-state index in [1.807, 2.05) is 48.0 Å². The number of H-pyrrole nitrogens is 1. The minimum atomic E-state index is -0.509. The molecule has 1 fully saturated rings. The Morgan fingerprint density at radius 3 is 2.58 bits per heavy atom. The van der Waals surface area contributed by atoms with E-state index >= 15 is 0 Å². The molecule has 0 radical (unpaired) electrons. The van der Waals surface area contributed by atoms with Gasteiger partial charge in [-0.15, -0.1) is 0 Å². The molecule has 0 bridgehead atoms. The second kappa shape index (κ2) is 12.1. The van der Waals surface area contributed by atoms with E-state index in [9.17, 15) is 9.59 Å². The number of nitrogen functional groups attached to an aromatic ring is 1. The van der Waals surface area contributed by atoms with Gasteiger partial charge in [0.05, 0.1) is 30.6 Å². The number of aryl methyl sites for hydroxylation is 1. The third-order valence-corrected chi connectivity index (χ3v) is 7.02. The van der Waals surface area contributed by atoms with Crippen LogP contribution in [0.3, 0.4) is 0 Å². The summed E-state index contributed by atoms with van der Waals surface area (Å²) in [6.45, 7) is 6.55. The van der Waals surface area contributed by atoms with Crippen molar-refractivity contribution >= 4 is 34.4 Å². The van der Waals surface area contributed by atoms with Crippen LogP contribution < -0.4 is 11.1 Å². The third-order valence-electron chi connectivity index (χ3n) is 7.02.